The summed E-state index contributed by atoms with van der Waals surface area (Å²) in [6, 6.07) is 9.03. The SMILES string of the molecule is COc1cc(C)cc(/C(O)=C\c2ccnc(Cl)c2)c1. The smallest absolute Gasteiger partial charge is 0.129 e. The van der Waals surface area contributed by atoms with Crippen molar-refractivity contribution in [3.8, 4) is 5.75 Å². The molecule has 0 amide bonds. The number of aliphatic hydroxyl groups is 1. The van der Waals surface area contributed by atoms with Crippen LogP contribution in [0, 0.1) is 6.92 Å². The molecule has 19 heavy (non-hydrogen) atoms. The number of aliphatic hydroxyl groups excluding tert-OH is 1. The number of ether oxygens (including phenoxy) is 1. The molecule has 98 valence electrons. The summed E-state index contributed by atoms with van der Waals surface area (Å²) in [5.41, 5.74) is 2.50. The van der Waals surface area contributed by atoms with Crippen LogP contribution in [0.4, 0.5) is 0 Å². The predicted octanol–water partition coefficient (Wildman–Crippen LogP) is 4.11. The first-order valence-electron chi connectivity index (χ1n) is 5.77. The van der Waals surface area contributed by atoms with Gasteiger partial charge in [0.1, 0.15) is 16.7 Å². The Labute approximate surface area is 117 Å². The molecule has 1 heterocycles. The Kier molecular flexibility index (Phi) is 4.07. The first kappa shape index (κ1) is 13.4. The van der Waals surface area contributed by atoms with Crippen LogP contribution in [0.2, 0.25) is 5.15 Å². The maximum Gasteiger partial charge on any atom is 0.129 e. The second-order valence-corrected chi connectivity index (χ2v) is 4.57. The van der Waals surface area contributed by atoms with E-state index in [9.17, 15) is 5.11 Å². The lowest BCUT2D eigenvalue weighted by Gasteiger charge is -2.06. The summed E-state index contributed by atoms with van der Waals surface area (Å²) in [5.74, 6) is 0.868. The van der Waals surface area contributed by atoms with E-state index < -0.39 is 0 Å². The van der Waals surface area contributed by atoms with Gasteiger partial charge in [-0.3, -0.25) is 0 Å². The van der Waals surface area contributed by atoms with E-state index in [4.69, 9.17) is 16.3 Å². The van der Waals surface area contributed by atoms with Crippen molar-refractivity contribution in [1.29, 1.82) is 0 Å². The van der Waals surface area contributed by atoms with Crippen molar-refractivity contribution >= 4 is 23.4 Å². The Morgan fingerprint density at radius 1 is 1.32 bits per heavy atom. The van der Waals surface area contributed by atoms with Crippen molar-refractivity contribution in [1.82, 2.24) is 4.98 Å². The highest BCUT2D eigenvalue weighted by atomic mass is 35.5. The Balaban J connectivity index is 2.38. The summed E-state index contributed by atoms with van der Waals surface area (Å²) < 4.78 is 5.19. The number of benzene rings is 1. The van der Waals surface area contributed by atoms with Crippen molar-refractivity contribution in [2.75, 3.05) is 7.11 Å². The van der Waals surface area contributed by atoms with Gasteiger partial charge in [0.25, 0.3) is 0 Å². The number of pyridine rings is 1. The zero-order chi connectivity index (χ0) is 13.8. The summed E-state index contributed by atoms with van der Waals surface area (Å²) in [6.07, 6.45) is 3.24. The number of nitrogens with zero attached hydrogens (tertiary/aromatic N) is 1. The van der Waals surface area contributed by atoms with Gasteiger partial charge in [-0.05, 0) is 54.5 Å². The van der Waals surface area contributed by atoms with Crippen LogP contribution in [0.15, 0.2) is 36.5 Å². The monoisotopic (exact) mass is 275 g/mol. The standard InChI is InChI=1S/C15H14ClNO2/c1-10-5-12(9-13(6-10)19-2)14(18)7-11-3-4-17-15(16)8-11/h3-9,18H,1-2H3/b14-7+. The van der Waals surface area contributed by atoms with Gasteiger partial charge in [-0.25, -0.2) is 4.98 Å². The maximum atomic E-state index is 10.2. The molecule has 3 nitrogen and oxygen atoms in total. The van der Waals surface area contributed by atoms with Gasteiger partial charge >= 0.3 is 0 Å². The largest absolute Gasteiger partial charge is 0.507 e. The molecule has 2 rings (SSSR count). The second kappa shape index (κ2) is 5.76. The number of halogens is 1. The molecule has 1 N–H and O–H groups in total. The van der Waals surface area contributed by atoms with Crippen LogP contribution >= 0.6 is 11.6 Å². The molecule has 0 aliphatic rings. The Bertz CT molecular complexity index is 623. The molecule has 1 aromatic carbocycles. The zero-order valence-electron chi connectivity index (χ0n) is 10.7. The zero-order valence-corrected chi connectivity index (χ0v) is 11.5. The maximum absolute atomic E-state index is 10.2. The van der Waals surface area contributed by atoms with Gasteiger partial charge < -0.3 is 9.84 Å². The molecular formula is C15H14ClNO2. The van der Waals surface area contributed by atoms with E-state index in [-0.39, 0.29) is 5.76 Å². The number of aryl methyl sites for hydroxylation is 1. The lowest BCUT2D eigenvalue weighted by atomic mass is 10.1. The van der Waals surface area contributed by atoms with Gasteiger partial charge in [0, 0.05) is 11.8 Å². The van der Waals surface area contributed by atoms with E-state index in [0.717, 1.165) is 11.1 Å². The summed E-state index contributed by atoms with van der Waals surface area (Å²) in [5, 5.41) is 10.5. The topological polar surface area (TPSA) is 42.4 Å². The molecule has 2 aromatic rings. The molecule has 0 unspecified atom stereocenters. The summed E-state index contributed by atoms with van der Waals surface area (Å²) in [6.45, 7) is 1.95. The molecule has 0 aliphatic carbocycles. The average molecular weight is 276 g/mol. The minimum Gasteiger partial charge on any atom is -0.507 e. The van der Waals surface area contributed by atoms with Gasteiger partial charge in [-0.2, -0.15) is 0 Å². The van der Waals surface area contributed by atoms with E-state index in [1.807, 2.05) is 19.1 Å². The molecule has 0 radical (unpaired) electrons. The van der Waals surface area contributed by atoms with Crippen LogP contribution in [0.1, 0.15) is 16.7 Å². The van der Waals surface area contributed by atoms with E-state index in [1.54, 1.807) is 37.6 Å². The molecule has 0 saturated carbocycles. The highest BCUT2D eigenvalue weighted by Gasteiger charge is 2.04. The molecular weight excluding hydrogens is 262 g/mol. The van der Waals surface area contributed by atoms with Crippen molar-refractivity contribution in [3.63, 3.8) is 0 Å². The fourth-order valence-electron chi connectivity index (χ4n) is 1.76. The molecule has 0 aliphatic heterocycles. The molecule has 4 heteroatoms. The lowest BCUT2D eigenvalue weighted by molar-refractivity contribution is 0.413. The quantitative estimate of drug-likeness (QED) is 0.677. The second-order valence-electron chi connectivity index (χ2n) is 4.18. The average Bonchev–Trinajstić information content (AvgIpc) is 2.38. The van der Waals surface area contributed by atoms with Gasteiger partial charge in [-0.1, -0.05) is 11.6 Å². The Hall–Kier alpha value is -2.00. The van der Waals surface area contributed by atoms with E-state index in [1.165, 1.54) is 0 Å². The number of rotatable bonds is 3. The highest BCUT2D eigenvalue weighted by Crippen LogP contribution is 2.23. The predicted molar refractivity (Wildman–Crippen MR) is 77.5 cm³/mol. The molecule has 0 bridgehead atoms. The van der Waals surface area contributed by atoms with E-state index in [0.29, 0.717) is 16.5 Å². The summed E-state index contributed by atoms with van der Waals surface area (Å²) in [7, 11) is 1.60. The lowest BCUT2D eigenvalue weighted by Crippen LogP contribution is -1.89. The first-order chi connectivity index (χ1) is 9.08. The van der Waals surface area contributed by atoms with Crippen molar-refractivity contribution < 1.29 is 9.84 Å². The fraction of sp³-hybridized carbons (Fsp3) is 0.133. The van der Waals surface area contributed by atoms with Gasteiger partial charge in [0.05, 0.1) is 7.11 Å². The first-order valence-corrected chi connectivity index (χ1v) is 6.14. The minimum absolute atomic E-state index is 0.157. The van der Waals surface area contributed by atoms with Crippen LogP contribution in [0.5, 0.6) is 5.75 Å². The Morgan fingerprint density at radius 2 is 2.11 bits per heavy atom. The minimum atomic E-state index is 0.157. The number of hydrogen-bond donors (Lipinski definition) is 1. The van der Waals surface area contributed by atoms with Gasteiger partial charge in [-0.15, -0.1) is 0 Å². The Morgan fingerprint density at radius 3 is 2.79 bits per heavy atom. The third-order valence-electron chi connectivity index (χ3n) is 2.64. The molecule has 0 saturated heterocycles. The van der Waals surface area contributed by atoms with Gasteiger partial charge in [0.15, 0.2) is 0 Å². The van der Waals surface area contributed by atoms with E-state index in [2.05, 4.69) is 4.98 Å². The third-order valence-corrected chi connectivity index (χ3v) is 2.84. The number of aromatic nitrogens is 1. The van der Waals surface area contributed by atoms with Crippen molar-refractivity contribution in [2.24, 2.45) is 0 Å². The third kappa shape index (κ3) is 3.48. The highest BCUT2D eigenvalue weighted by molar-refractivity contribution is 6.29. The van der Waals surface area contributed by atoms with Gasteiger partial charge in [0.2, 0.25) is 0 Å². The molecule has 0 atom stereocenters. The van der Waals surface area contributed by atoms with E-state index >= 15 is 0 Å². The molecule has 0 spiro atoms. The summed E-state index contributed by atoms with van der Waals surface area (Å²) in [4.78, 5) is 3.90. The fourth-order valence-corrected chi connectivity index (χ4v) is 1.94. The molecule has 0 fully saturated rings. The van der Waals surface area contributed by atoms with Crippen molar-refractivity contribution in [3.05, 3.63) is 58.4 Å². The van der Waals surface area contributed by atoms with Crippen LogP contribution in [-0.4, -0.2) is 17.2 Å². The molecule has 1 aromatic heterocycles. The number of methoxy groups -OCH3 is 1. The normalized spacial score (nSPS) is 11.4. The van der Waals surface area contributed by atoms with Crippen LogP contribution in [-0.2, 0) is 0 Å². The van der Waals surface area contributed by atoms with Crippen LogP contribution in [0.3, 0.4) is 0 Å². The number of hydrogen-bond acceptors (Lipinski definition) is 3. The van der Waals surface area contributed by atoms with Crippen molar-refractivity contribution in [2.45, 2.75) is 6.92 Å². The summed E-state index contributed by atoms with van der Waals surface area (Å²) >= 11 is 5.81. The van der Waals surface area contributed by atoms with Crippen LogP contribution < -0.4 is 4.74 Å². The van der Waals surface area contributed by atoms with Crippen LogP contribution in [0.25, 0.3) is 11.8 Å².